The van der Waals surface area contributed by atoms with Crippen LogP contribution in [0.4, 0.5) is 0 Å². The van der Waals surface area contributed by atoms with Crippen LogP contribution in [0.25, 0.3) is 4.91 Å². The van der Waals surface area contributed by atoms with Crippen LogP contribution in [0.3, 0.4) is 0 Å². The molecule has 0 amide bonds. The predicted molar refractivity (Wildman–Crippen MR) is 120 cm³/mol. The van der Waals surface area contributed by atoms with Gasteiger partial charge in [0.1, 0.15) is 0 Å². The van der Waals surface area contributed by atoms with Crippen molar-refractivity contribution < 1.29 is 17.9 Å². The summed E-state index contributed by atoms with van der Waals surface area (Å²) in [6, 6.07) is 12.7. The molecule has 1 aliphatic rings. The van der Waals surface area contributed by atoms with Gasteiger partial charge in [-0.15, -0.1) is 0 Å². The highest BCUT2D eigenvalue weighted by atomic mass is 32.2. The molecule has 0 spiro atoms. The second-order valence-corrected chi connectivity index (χ2v) is 10.1. The van der Waals surface area contributed by atoms with Crippen molar-refractivity contribution in [1.29, 1.82) is 0 Å². The largest absolute Gasteiger partial charge is 0.462 e. The molecular formula is C25H26O4S. The van der Waals surface area contributed by atoms with E-state index in [0.717, 1.165) is 22.3 Å². The van der Waals surface area contributed by atoms with Crippen LogP contribution in [0, 0.1) is 11.8 Å². The van der Waals surface area contributed by atoms with Gasteiger partial charge in [0.15, 0.2) is 9.84 Å². The van der Waals surface area contributed by atoms with Gasteiger partial charge in [0.2, 0.25) is 0 Å². The average molecular weight is 423 g/mol. The second-order valence-electron chi connectivity index (χ2n) is 7.87. The smallest absolute Gasteiger partial charge is 0.338 e. The fourth-order valence-corrected chi connectivity index (χ4v) is 4.63. The molecule has 0 aliphatic heterocycles. The zero-order chi connectivity index (χ0) is 21.9. The molecule has 0 aromatic heterocycles. The summed E-state index contributed by atoms with van der Waals surface area (Å²) >= 11 is 0. The molecule has 0 fully saturated rings. The minimum atomic E-state index is -3.32. The fraction of sp³-hybridized carbons (Fsp3) is 0.320. The summed E-state index contributed by atoms with van der Waals surface area (Å²) in [7, 11) is -3.32. The van der Waals surface area contributed by atoms with E-state index in [1.807, 2.05) is 24.3 Å². The number of fused-ring (bicyclic) bond motifs is 1. The van der Waals surface area contributed by atoms with Crippen molar-refractivity contribution in [1.82, 2.24) is 0 Å². The maximum absolute atomic E-state index is 12.6. The number of rotatable bonds is 4. The van der Waals surface area contributed by atoms with Gasteiger partial charge in [0.05, 0.1) is 22.8 Å². The predicted octanol–water partition coefficient (Wildman–Crippen LogP) is 4.72. The molecule has 156 valence electrons. The lowest BCUT2D eigenvalue weighted by Crippen LogP contribution is -2.24. The molecule has 0 heterocycles. The first-order valence-electron chi connectivity index (χ1n) is 10.0. The Morgan fingerprint density at radius 1 is 1.03 bits per heavy atom. The van der Waals surface area contributed by atoms with Crippen molar-refractivity contribution in [3.8, 4) is 11.8 Å². The first kappa shape index (κ1) is 21.9. The summed E-state index contributed by atoms with van der Waals surface area (Å²) in [5.74, 6) is 5.91. The molecule has 0 radical (unpaired) electrons. The highest BCUT2D eigenvalue weighted by Crippen LogP contribution is 2.41. The third kappa shape index (κ3) is 4.49. The van der Waals surface area contributed by atoms with Gasteiger partial charge in [-0.2, -0.15) is 0 Å². The maximum atomic E-state index is 12.6. The second kappa shape index (κ2) is 8.49. The van der Waals surface area contributed by atoms with Crippen LogP contribution < -0.4 is 0 Å². The van der Waals surface area contributed by atoms with Crippen molar-refractivity contribution in [2.24, 2.45) is 0 Å². The lowest BCUT2D eigenvalue weighted by molar-refractivity contribution is 0.0526. The van der Waals surface area contributed by atoms with E-state index in [2.05, 4.69) is 25.7 Å². The number of hydrogen-bond donors (Lipinski definition) is 0. The zero-order valence-corrected chi connectivity index (χ0v) is 18.6. The van der Waals surface area contributed by atoms with Crippen LogP contribution in [-0.4, -0.2) is 26.7 Å². The van der Waals surface area contributed by atoms with Gasteiger partial charge in [0, 0.05) is 11.1 Å². The van der Waals surface area contributed by atoms with Gasteiger partial charge < -0.3 is 4.74 Å². The van der Waals surface area contributed by atoms with E-state index < -0.39 is 9.84 Å². The van der Waals surface area contributed by atoms with Crippen molar-refractivity contribution >= 4 is 20.7 Å². The van der Waals surface area contributed by atoms with Gasteiger partial charge in [-0.3, -0.25) is 0 Å². The Morgan fingerprint density at radius 3 is 2.30 bits per heavy atom. The molecule has 0 saturated carbocycles. The summed E-state index contributed by atoms with van der Waals surface area (Å²) in [6.45, 7) is 8.00. The lowest BCUT2D eigenvalue weighted by atomic mass is 9.75. The number of esters is 1. The Labute approximate surface area is 178 Å². The van der Waals surface area contributed by atoms with Crippen molar-refractivity contribution in [2.75, 3.05) is 12.4 Å². The normalized spacial score (nSPS) is 14.7. The summed E-state index contributed by atoms with van der Waals surface area (Å²) in [6.07, 6.45) is 2.53. The number of ether oxygens (including phenoxy) is 1. The van der Waals surface area contributed by atoms with Crippen LogP contribution in [0.2, 0.25) is 0 Å². The molecule has 2 aromatic carbocycles. The molecule has 5 heteroatoms. The third-order valence-electron chi connectivity index (χ3n) is 5.27. The number of hydrogen-bond acceptors (Lipinski definition) is 4. The van der Waals surface area contributed by atoms with E-state index in [4.69, 9.17) is 4.74 Å². The number of benzene rings is 2. The molecule has 0 saturated heterocycles. The highest BCUT2D eigenvalue weighted by molar-refractivity contribution is 8.00. The molecule has 1 aliphatic carbocycles. The molecule has 30 heavy (non-hydrogen) atoms. The highest BCUT2D eigenvalue weighted by Gasteiger charge is 2.32. The average Bonchev–Trinajstić information content (AvgIpc) is 2.72. The van der Waals surface area contributed by atoms with Crippen LogP contribution in [-0.2, 0) is 20.0 Å². The summed E-state index contributed by atoms with van der Waals surface area (Å²) in [5.41, 5.74) is 3.64. The Balaban J connectivity index is 1.95. The van der Waals surface area contributed by atoms with E-state index in [1.54, 1.807) is 38.1 Å². The Bertz CT molecular complexity index is 1160. The zero-order valence-electron chi connectivity index (χ0n) is 17.8. The van der Waals surface area contributed by atoms with Gasteiger partial charge in [-0.05, 0) is 66.3 Å². The van der Waals surface area contributed by atoms with Gasteiger partial charge >= 0.3 is 5.97 Å². The maximum Gasteiger partial charge on any atom is 0.338 e. The minimum absolute atomic E-state index is 0.0709. The first-order valence-corrected chi connectivity index (χ1v) is 11.7. The molecule has 4 nitrogen and oxygen atoms in total. The van der Waals surface area contributed by atoms with Crippen LogP contribution in [0.15, 0.2) is 48.5 Å². The molecule has 2 aromatic rings. The fourth-order valence-electron chi connectivity index (χ4n) is 3.48. The van der Waals surface area contributed by atoms with E-state index in [1.165, 1.54) is 0 Å². The summed E-state index contributed by atoms with van der Waals surface area (Å²) < 4.78 is 30.2. The molecule has 0 N–H and O–H groups in total. The summed E-state index contributed by atoms with van der Waals surface area (Å²) in [5, 5.41) is 0. The van der Waals surface area contributed by atoms with Crippen LogP contribution >= 0.6 is 0 Å². The van der Waals surface area contributed by atoms with E-state index in [9.17, 15) is 13.2 Å². The summed E-state index contributed by atoms with van der Waals surface area (Å²) in [4.78, 5) is 12.2. The standard InChI is InChI=1S/C25H26O4S/c1-5-29-24(26)20-12-9-18(10-13-20)7-8-19-11-14-22-21(17-19)23(30(27,28)6-2)15-16-25(22,3)4/h9-15,17H,5-6,16H2,1-4H3. The number of carbonyl (C=O) groups is 1. The van der Waals surface area contributed by atoms with Crippen molar-refractivity contribution in [3.05, 3.63) is 76.4 Å². The quantitative estimate of drug-likeness (QED) is 0.528. The molecule has 0 unspecified atom stereocenters. The first-order chi connectivity index (χ1) is 14.2. The van der Waals surface area contributed by atoms with E-state index in [-0.39, 0.29) is 17.1 Å². The Kier molecular flexibility index (Phi) is 6.19. The SMILES string of the molecule is CCOC(=O)c1ccc(C#Cc2ccc3c(c2)C(S(=O)(=O)CC)=CCC3(C)C)cc1. The Hall–Kier alpha value is -2.84. The van der Waals surface area contributed by atoms with Crippen molar-refractivity contribution in [3.63, 3.8) is 0 Å². The number of allylic oxidation sites excluding steroid dienone is 1. The number of sulfone groups is 1. The minimum Gasteiger partial charge on any atom is -0.462 e. The van der Waals surface area contributed by atoms with Gasteiger partial charge in [0.25, 0.3) is 0 Å². The topological polar surface area (TPSA) is 60.4 Å². The van der Waals surface area contributed by atoms with Gasteiger partial charge in [-0.1, -0.05) is 44.8 Å². The van der Waals surface area contributed by atoms with E-state index in [0.29, 0.717) is 23.5 Å². The third-order valence-corrected chi connectivity index (χ3v) is 7.09. The van der Waals surface area contributed by atoms with Crippen LogP contribution in [0.5, 0.6) is 0 Å². The molecule has 0 bridgehead atoms. The lowest BCUT2D eigenvalue weighted by Gasteiger charge is -2.31. The molecular weight excluding hydrogens is 396 g/mol. The van der Waals surface area contributed by atoms with Crippen LogP contribution in [0.1, 0.15) is 66.7 Å². The number of carbonyl (C=O) groups excluding carboxylic acids is 1. The Morgan fingerprint density at radius 2 is 1.67 bits per heavy atom. The monoisotopic (exact) mass is 422 g/mol. The van der Waals surface area contributed by atoms with E-state index >= 15 is 0 Å². The van der Waals surface area contributed by atoms with Gasteiger partial charge in [-0.25, -0.2) is 13.2 Å². The molecule has 0 atom stereocenters. The molecule has 3 rings (SSSR count). The van der Waals surface area contributed by atoms with Crippen molar-refractivity contribution in [2.45, 2.75) is 39.5 Å².